The van der Waals surface area contributed by atoms with Crippen LogP contribution in [0.15, 0.2) is 11.6 Å². The van der Waals surface area contributed by atoms with Crippen molar-refractivity contribution in [2.24, 2.45) is 40.4 Å². The van der Waals surface area contributed by atoms with Gasteiger partial charge in [0.25, 0.3) is 0 Å². The summed E-state index contributed by atoms with van der Waals surface area (Å²) in [6.45, 7) is 18.9. The summed E-state index contributed by atoms with van der Waals surface area (Å²) >= 11 is 0. The predicted octanol–water partition coefficient (Wildman–Crippen LogP) is 4.57. The van der Waals surface area contributed by atoms with Crippen molar-refractivity contribution in [2.45, 2.75) is 60.3 Å². The Hall–Kier alpha value is -0.340. The molecule has 0 aromatic carbocycles. The maximum absolute atomic E-state index is 3.56. The SMILES string of the molecule is CC(C)(CCN1CC2CC(C(C)(C)C)CC2C1)C1=CC2CNCC2C1. The lowest BCUT2D eigenvalue weighted by molar-refractivity contribution is 0.203. The number of nitrogens with one attached hydrogen (secondary N) is 1. The van der Waals surface area contributed by atoms with Crippen molar-refractivity contribution in [3.8, 4) is 0 Å². The molecule has 0 aromatic rings. The molecule has 0 aromatic heterocycles. The van der Waals surface area contributed by atoms with E-state index in [9.17, 15) is 0 Å². The van der Waals surface area contributed by atoms with E-state index >= 15 is 0 Å². The highest BCUT2D eigenvalue weighted by Gasteiger charge is 2.44. The summed E-state index contributed by atoms with van der Waals surface area (Å²) < 4.78 is 0. The van der Waals surface area contributed by atoms with E-state index in [0.29, 0.717) is 10.8 Å². The number of hydrogen-bond donors (Lipinski definition) is 1. The topological polar surface area (TPSA) is 15.3 Å². The summed E-state index contributed by atoms with van der Waals surface area (Å²) in [4.78, 5) is 2.80. The van der Waals surface area contributed by atoms with Gasteiger partial charge in [-0.15, -0.1) is 0 Å². The first kappa shape index (κ1) is 18.0. The van der Waals surface area contributed by atoms with Crippen molar-refractivity contribution in [1.82, 2.24) is 10.2 Å². The Labute approximate surface area is 155 Å². The van der Waals surface area contributed by atoms with Gasteiger partial charge < -0.3 is 10.2 Å². The fourth-order valence-corrected chi connectivity index (χ4v) is 6.17. The number of rotatable bonds is 4. The number of fused-ring (bicyclic) bond motifs is 2. The van der Waals surface area contributed by atoms with E-state index < -0.39 is 0 Å². The van der Waals surface area contributed by atoms with Crippen LogP contribution in [0.2, 0.25) is 0 Å². The molecule has 2 heterocycles. The first-order valence-electron chi connectivity index (χ1n) is 10.9. The van der Waals surface area contributed by atoms with Crippen molar-refractivity contribution >= 4 is 0 Å². The minimum Gasteiger partial charge on any atom is -0.316 e. The highest BCUT2D eigenvalue weighted by Crippen LogP contribution is 2.49. The summed E-state index contributed by atoms with van der Waals surface area (Å²) in [6, 6.07) is 0. The zero-order chi connectivity index (χ0) is 17.8. The van der Waals surface area contributed by atoms with Gasteiger partial charge in [-0.1, -0.05) is 46.3 Å². The third kappa shape index (κ3) is 3.58. The van der Waals surface area contributed by atoms with Gasteiger partial charge in [-0.05, 0) is 79.2 Å². The normalized spacial score (nSPS) is 38.9. The van der Waals surface area contributed by atoms with E-state index in [1.165, 1.54) is 58.4 Å². The molecule has 4 atom stereocenters. The van der Waals surface area contributed by atoms with Crippen LogP contribution in [0.5, 0.6) is 0 Å². The van der Waals surface area contributed by atoms with E-state index in [1.807, 2.05) is 0 Å². The van der Waals surface area contributed by atoms with Gasteiger partial charge in [-0.2, -0.15) is 0 Å². The monoisotopic (exact) mass is 344 g/mol. The summed E-state index contributed by atoms with van der Waals surface area (Å²) in [7, 11) is 0. The summed E-state index contributed by atoms with van der Waals surface area (Å²) in [5.74, 6) is 4.66. The molecule has 4 rings (SSSR count). The first-order valence-corrected chi connectivity index (χ1v) is 10.9. The Morgan fingerprint density at radius 3 is 2.28 bits per heavy atom. The van der Waals surface area contributed by atoms with Crippen molar-refractivity contribution in [2.75, 3.05) is 32.7 Å². The standard InChI is InChI=1S/C23H40N2/c1-22(2,3)20-10-18-14-25(15-19(18)11-20)7-6-23(4,5)21-8-16-12-24-13-17(16)9-21/h8,16-20,24H,6-7,9-15H2,1-5H3. The average molecular weight is 345 g/mol. The van der Waals surface area contributed by atoms with Crippen LogP contribution in [0.25, 0.3) is 0 Å². The van der Waals surface area contributed by atoms with E-state index in [1.54, 1.807) is 5.57 Å². The predicted molar refractivity (Wildman–Crippen MR) is 107 cm³/mol. The average Bonchev–Trinajstić information content (AvgIpc) is 3.22. The lowest BCUT2D eigenvalue weighted by Crippen LogP contribution is -2.29. The van der Waals surface area contributed by atoms with E-state index in [4.69, 9.17) is 0 Å². The maximum atomic E-state index is 3.56. The molecular formula is C23H40N2. The minimum absolute atomic E-state index is 0.399. The van der Waals surface area contributed by atoms with Gasteiger partial charge in [0.1, 0.15) is 0 Å². The van der Waals surface area contributed by atoms with E-state index in [0.717, 1.165) is 29.6 Å². The van der Waals surface area contributed by atoms with Crippen LogP contribution >= 0.6 is 0 Å². The molecule has 0 bridgehead atoms. The van der Waals surface area contributed by atoms with Crippen LogP contribution < -0.4 is 5.32 Å². The van der Waals surface area contributed by atoms with Gasteiger partial charge in [-0.3, -0.25) is 0 Å². The van der Waals surface area contributed by atoms with Crippen molar-refractivity contribution in [3.05, 3.63) is 11.6 Å². The Morgan fingerprint density at radius 2 is 1.68 bits per heavy atom. The first-order chi connectivity index (χ1) is 11.7. The van der Waals surface area contributed by atoms with Crippen LogP contribution in [0.4, 0.5) is 0 Å². The molecule has 1 N–H and O–H groups in total. The van der Waals surface area contributed by atoms with Gasteiger partial charge in [-0.25, -0.2) is 0 Å². The number of nitrogens with zero attached hydrogens (tertiary/aromatic N) is 1. The molecule has 142 valence electrons. The lowest BCUT2D eigenvalue weighted by atomic mass is 9.78. The molecule has 4 aliphatic rings. The fourth-order valence-electron chi connectivity index (χ4n) is 6.17. The van der Waals surface area contributed by atoms with Gasteiger partial charge in [0.2, 0.25) is 0 Å². The summed E-state index contributed by atoms with van der Waals surface area (Å²) in [5.41, 5.74) is 2.67. The molecule has 1 saturated carbocycles. The largest absolute Gasteiger partial charge is 0.316 e. The Bertz CT molecular complexity index is 513. The molecule has 2 aliphatic carbocycles. The van der Waals surface area contributed by atoms with Gasteiger partial charge >= 0.3 is 0 Å². The minimum atomic E-state index is 0.399. The molecule has 0 amide bonds. The molecule has 2 nitrogen and oxygen atoms in total. The van der Waals surface area contributed by atoms with Gasteiger partial charge in [0, 0.05) is 19.6 Å². The zero-order valence-electron chi connectivity index (χ0n) is 17.3. The highest BCUT2D eigenvalue weighted by molar-refractivity contribution is 5.22. The molecule has 3 fully saturated rings. The fraction of sp³-hybridized carbons (Fsp3) is 0.913. The van der Waals surface area contributed by atoms with Gasteiger partial charge in [0.05, 0.1) is 0 Å². The van der Waals surface area contributed by atoms with Crippen LogP contribution in [0, 0.1) is 40.4 Å². The smallest absolute Gasteiger partial charge is 0.00177 e. The van der Waals surface area contributed by atoms with Crippen LogP contribution in [-0.2, 0) is 0 Å². The van der Waals surface area contributed by atoms with Crippen LogP contribution in [0.3, 0.4) is 0 Å². The second kappa shape index (κ2) is 6.37. The van der Waals surface area contributed by atoms with Crippen molar-refractivity contribution in [1.29, 1.82) is 0 Å². The third-order valence-electron chi connectivity index (χ3n) is 8.26. The quantitative estimate of drug-likeness (QED) is 0.751. The third-order valence-corrected chi connectivity index (χ3v) is 8.26. The molecule has 2 aliphatic heterocycles. The van der Waals surface area contributed by atoms with E-state index in [-0.39, 0.29) is 0 Å². The van der Waals surface area contributed by atoms with Gasteiger partial charge in [0.15, 0.2) is 0 Å². The number of likely N-dealkylation sites (tertiary alicyclic amines) is 1. The zero-order valence-corrected chi connectivity index (χ0v) is 17.3. The van der Waals surface area contributed by atoms with Crippen molar-refractivity contribution in [3.63, 3.8) is 0 Å². The van der Waals surface area contributed by atoms with Crippen LogP contribution in [-0.4, -0.2) is 37.6 Å². The molecule has 4 unspecified atom stereocenters. The highest BCUT2D eigenvalue weighted by atomic mass is 15.2. The molecule has 2 heteroatoms. The lowest BCUT2D eigenvalue weighted by Gasteiger charge is -2.31. The van der Waals surface area contributed by atoms with E-state index in [2.05, 4.69) is 50.9 Å². The van der Waals surface area contributed by atoms with Crippen LogP contribution in [0.1, 0.15) is 60.3 Å². The molecular weight excluding hydrogens is 304 g/mol. The number of hydrogen-bond acceptors (Lipinski definition) is 2. The Kier molecular flexibility index (Phi) is 4.60. The molecule has 2 saturated heterocycles. The molecule has 25 heavy (non-hydrogen) atoms. The summed E-state index contributed by atoms with van der Waals surface area (Å²) in [5, 5.41) is 3.56. The molecule has 0 radical (unpaired) electrons. The second-order valence-electron chi connectivity index (χ2n) is 11.4. The second-order valence-corrected chi connectivity index (χ2v) is 11.4. The maximum Gasteiger partial charge on any atom is 0.00177 e. The summed E-state index contributed by atoms with van der Waals surface area (Å²) in [6.07, 6.45) is 8.29. The molecule has 0 spiro atoms. The van der Waals surface area contributed by atoms with Crippen molar-refractivity contribution < 1.29 is 0 Å². The number of allylic oxidation sites excluding steroid dienone is 1. The Balaban J connectivity index is 1.27. The Morgan fingerprint density at radius 1 is 1.00 bits per heavy atom.